The highest BCUT2D eigenvalue weighted by Crippen LogP contribution is 2.66. The normalized spacial score (nSPS) is 31.5. The van der Waals surface area contributed by atoms with Crippen molar-refractivity contribution in [2.45, 2.75) is 39.5 Å². The lowest BCUT2D eigenvalue weighted by molar-refractivity contribution is -0.123. The molecule has 0 saturated heterocycles. The standard InChI is InChI=1S/C17H21BrN2O/c1-11(12-6-8-13(18)9-7-12)19-20-16(21)15-14-5-3-4-10-17(14,15)2/h6-9,14-15H,3-5,10H2,1-2H3,(H,20,21). The minimum absolute atomic E-state index is 0.0980. The molecule has 0 radical (unpaired) electrons. The van der Waals surface area contributed by atoms with E-state index in [1.807, 2.05) is 31.2 Å². The van der Waals surface area contributed by atoms with E-state index in [0.717, 1.165) is 15.7 Å². The van der Waals surface area contributed by atoms with Gasteiger partial charge in [0, 0.05) is 10.4 Å². The van der Waals surface area contributed by atoms with Gasteiger partial charge >= 0.3 is 0 Å². The number of hydrogen-bond acceptors (Lipinski definition) is 2. The summed E-state index contributed by atoms with van der Waals surface area (Å²) in [7, 11) is 0. The van der Waals surface area contributed by atoms with Gasteiger partial charge in [-0.2, -0.15) is 5.10 Å². The average molecular weight is 349 g/mol. The highest BCUT2D eigenvalue weighted by atomic mass is 79.9. The van der Waals surface area contributed by atoms with Crippen molar-refractivity contribution in [3.63, 3.8) is 0 Å². The number of halogens is 1. The van der Waals surface area contributed by atoms with Gasteiger partial charge in [-0.05, 0) is 48.8 Å². The maximum absolute atomic E-state index is 12.3. The summed E-state index contributed by atoms with van der Waals surface area (Å²) >= 11 is 3.42. The number of amides is 1. The molecular formula is C17H21BrN2O. The lowest BCUT2D eigenvalue weighted by Gasteiger charge is -2.15. The summed E-state index contributed by atoms with van der Waals surface area (Å²) in [5.74, 6) is 0.844. The van der Waals surface area contributed by atoms with Crippen molar-refractivity contribution < 1.29 is 4.79 Å². The highest BCUT2D eigenvalue weighted by Gasteiger charge is 2.64. The van der Waals surface area contributed by atoms with Crippen molar-refractivity contribution in [2.24, 2.45) is 22.4 Å². The molecule has 2 aliphatic rings. The van der Waals surface area contributed by atoms with Crippen molar-refractivity contribution >= 4 is 27.5 Å². The molecule has 3 unspecified atom stereocenters. The molecule has 0 bridgehead atoms. The number of nitrogens with one attached hydrogen (secondary N) is 1. The molecule has 3 atom stereocenters. The third kappa shape index (κ3) is 2.78. The molecule has 1 N–H and O–H groups in total. The van der Waals surface area contributed by atoms with Crippen LogP contribution in [0.5, 0.6) is 0 Å². The lowest BCUT2D eigenvalue weighted by atomic mass is 9.90. The molecule has 2 fully saturated rings. The minimum atomic E-state index is 0.0980. The van der Waals surface area contributed by atoms with Gasteiger partial charge in [0.2, 0.25) is 5.91 Å². The Morgan fingerprint density at radius 1 is 1.33 bits per heavy atom. The summed E-state index contributed by atoms with van der Waals surface area (Å²) in [6.07, 6.45) is 4.92. The first kappa shape index (κ1) is 14.8. The lowest BCUT2D eigenvalue weighted by Crippen LogP contribution is -2.23. The topological polar surface area (TPSA) is 41.5 Å². The van der Waals surface area contributed by atoms with Crippen LogP contribution in [0, 0.1) is 17.3 Å². The smallest absolute Gasteiger partial charge is 0.244 e. The Morgan fingerprint density at radius 2 is 2.05 bits per heavy atom. The Balaban J connectivity index is 1.63. The summed E-state index contributed by atoms with van der Waals surface area (Å²) in [4.78, 5) is 12.3. The molecular weight excluding hydrogens is 328 g/mol. The summed E-state index contributed by atoms with van der Waals surface area (Å²) in [5, 5.41) is 4.28. The number of carbonyl (C=O) groups is 1. The number of fused-ring (bicyclic) bond motifs is 1. The quantitative estimate of drug-likeness (QED) is 0.647. The Labute approximate surface area is 134 Å². The van der Waals surface area contributed by atoms with Gasteiger partial charge in [-0.3, -0.25) is 4.79 Å². The molecule has 0 aromatic heterocycles. The largest absolute Gasteiger partial charge is 0.273 e. The zero-order chi connectivity index (χ0) is 15.0. The Bertz CT molecular complexity index is 581. The summed E-state index contributed by atoms with van der Waals surface area (Å²) < 4.78 is 1.04. The molecule has 3 rings (SSSR count). The number of carbonyl (C=O) groups excluding carboxylic acids is 1. The van der Waals surface area contributed by atoms with Gasteiger partial charge in [0.05, 0.1) is 5.71 Å². The molecule has 112 valence electrons. The molecule has 3 nitrogen and oxygen atoms in total. The Morgan fingerprint density at radius 3 is 2.67 bits per heavy atom. The molecule has 1 amide bonds. The zero-order valence-electron chi connectivity index (χ0n) is 12.5. The van der Waals surface area contributed by atoms with Gasteiger partial charge in [0.1, 0.15) is 0 Å². The van der Waals surface area contributed by atoms with Gasteiger partial charge in [-0.25, -0.2) is 5.43 Å². The van der Waals surface area contributed by atoms with E-state index in [1.165, 1.54) is 25.7 Å². The number of nitrogens with zero attached hydrogens (tertiary/aromatic N) is 1. The molecule has 21 heavy (non-hydrogen) atoms. The monoisotopic (exact) mass is 348 g/mol. The van der Waals surface area contributed by atoms with Crippen LogP contribution in [0.3, 0.4) is 0 Å². The van der Waals surface area contributed by atoms with Gasteiger partial charge in [-0.15, -0.1) is 0 Å². The van der Waals surface area contributed by atoms with Crippen LogP contribution in [0.4, 0.5) is 0 Å². The summed E-state index contributed by atoms with van der Waals surface area (Å²) in [6.45, 7) is 4.18. The molecule has 2 saturated carbocycles. The zero-order valence-corrected chi connectivity index (χ0v) is 14.1. The van der Waals surface area contributed by atoms with Crippen molar-refractivity contribution in [3.8, 4) is 0 Å². The number of hydrogen-bond donors (Lipinski definition) is 1. The van der Waals surface area contributed by atoms with Gasteiger partial charge in [0.15, 0.2) is 0 Å². The molecule has 0 heterocycles. The predicted octanol–water partition coefficient (Wildman–Crippen LogP) is 4.12. The first-order valence-electron chi connectivity index (χ1n) is 7.62. The van der Waals surface area contributed by atoms with Gasteiger partial charge in [-0.1, -0.05) is 47.8 Å². The van der Waals surface area contributed by atoms with E-state index < -0.39 is 0 Å². The number of hydrazone groups is 1. The van der Waals surface area contributed by atoms with E-state index in [4.69, 9.17) is 0 Å². The van der Waals surface area contributed by atoms with Crippen LogP contribution in [0.15, 0.2) is 33.8 Å². The van der Waals surface area contributed by atoms with E-state index in [1.54, 1.807) is 0 Å². The summed E-state index contributed by atoms with van der Waals surface area (Å²) in [6, 6.07) is 7.94. The fraction of sp³-hybridized carbons (Fsp3) is 0.529. The number of rotatable bonds is 3. The van der Waals surface area contributed by atoms with Crippen LogP contribution in [0.1, 0.15) is 45.1 Å². The molecule has 2 aliphatic carbocycles. The van der Waals surface area contributed by atoms with Crippen molar-refractivity contribution in [3.05, 3.63) is 34.3 Å². The van der Waals surface area contributed by atoms with E-state index in [0.29, 0.717) is 5.92 Å². The highest BCUT2D eigenvalue weighted by molar-refractivity contribution is 9.10. The second-order valence-corrected chi connectivity index (χ2v) is 7.43. The second kappa shape index (κ2) is 5.56. The average Bonchev–Trinajstić information content (AvgIpc) is 3.11. The van der Waals surface area contributed by atoms with E-state index in [9.17, 15) is 4.79 Å². The van der Waals surface area contributed by atoms with E-state index >= 15 is 0 Å². The van der Waals surface area contributed by atoms with Crippen molar-refractivity contribution in [2.75, 3.05) is 0 Å². The second-order valence-electron chi connectivity index (χ2n) is 6.52. The third-order valence-electron chi connectivity index (χ3n) is 5.21. The maximum Gasteiger partial charge on any atom is 0.244 e. The van der Waals surface area contributed by atoms with E-state index in [2.05, 4.69) is 33.4 Å². The van der Waals surface area contributed by atoms with Gasteiger partial charge < -0.3 is 0 Å². The van der Waals surface area contributed by atoms with Crippen LogP contribution in [-0.4, -0.2) is 11.6 Å². The fourth-order valence-electron chi connectivity index (χ4n) is 3.81. The molecule has 0 spiro atoms. The number of benzene rings is 1. The van der Waals surface area contributed by atoms with Crippen LogP contribution < -0.4 is 5.43 Å². The predicted molar refractivity (Wildman–Crippen MR) is 88.1 cm³/mol. The molecule has 0 aliphatic heterocycles. The van der Waals surface area contributed by atoms with Crippen LogP contribution in [0.25, 0.3) is 0 Å². The molecule has 1 aromatic rings. The van der Waals surface area contributed by atoms with Crippen LogP contribution >= 0.6 is 15.9 Å². The first-order valence-corrected chi connectivity index (χ1v) is 8.42. The Hall–Kier alpha value is -1.16. The van der Waals surface area contributed by atoms with E-state index in [-0.39, 0.29) is 17.2 Å². The molecule has 1 aromatic carbocycles. The third-order valence-corrected chi connectivity index (χ3v) is 5.74. The van der Waals surface area contributed by atoms with Crippen molar-refractivity contribution in [1.82, 2.24) is 5.43 Å². The van der Waals surface area contributed by atoms with Crippen LogP contribution in [-0.2, 0) is 4.79 Å². The van der Waals surface area contributed by atoms with Crippen molar-refractivity contribution in [1.29, 1.82) is 0 Å². The minimum Gasteiger partial charge on any atom is -0.273 e. The molecule has 4 heteroatoms. The fourth-order valence-corrected chi connectivity index (χ4v) is 4.08. The first-order chi connectivity index (χ1) is 10.0. The summed E-state index contributed by atoms with van der Waals surface area (Å²) in [5.41, 5.74) is 4.88. The van der Waals surface area contributed by atoms with Gasteiger partial charge in [0.25, 0.3) is 0 Å². The maximum atomic E-state index is 12.3. The Kier molecular flexibility index (Phi) is 3.91. The SMILES string of the molecule is CC(=NNC(=O)C1C2CCCCC21C)c1ccc(Br)cc1. The van der Waals surface area contributed by atoms with Crippen LogP contribution in [0.2, 0.25) is 0 Å².